The number of rotatable bonds is 3. The van der Waals surface area contributed by atoms with Crippen molar-refractivity contribution < 1.29 is 19.2 Å². The van der Waals surface area contributed by atoms with E-state index < -0.39 is 16.8 Å². The summed E-state index contributed by atoms with van der Waals surface area (Å²) < 4.78 is 7.23. The smallest absolute Gasteiger partial charge is 0.337 e. The summed E-state index contributed by atoms with van der Waals surface area (Å²) in [6.07, 6.45) is 0. The summed E-state index contributed by atoms with van der Waals surface area (Å²) in [4.78, 5) is 38.7. The second kappa shape index (κ2) is 6.89. The zero-order valence-corrected chi connectivity index (χ0v) is 14.6. The number of hydrogen-bond donors (Lipinski definition) is 0. The second-order valence-electron chi connectivity index (χ2n) is 5.34. The topological polar surface area (TPSA) is 104 Å². The summed E-state index contributed by atoms with van der Waals surface area (Å²) >= 11 is 1.26. The number of benzene rings is 2. The Kier molecular flexibility index (Phi) is 4.63. The predicted molar refractivity (Wildman–Crippen MR) is 95.1 cm³/mol. The first-order valence-electron chi connectivity index (χ1n) is 7.42. The first-order valence-corrected chi connectivity index (χ1v) is 8.24. The molecule has 0 N–H and O–H groups in total. The standard InChI is InChI=1S/C17H13N3O5S/c1-19-13-8-5-11(16(22)25-2)9-14(13)26-17(19)18-15(21)10-3-6-12(7-4-10)20(23)24/h3-9H,1-2H3. The number of aromatic nitrogens is 1. The van der Waals surface area contributed by atoms with E-state index in [2.05, 4.69) is 4.99 Å². The van der Waals surface area contributed by atoms with E-state index in [1.54, 1.807) is 29.8 Å². The number of amides is 1. The number of aryl methyl sites for hydroxylation is 1. The Labute approximate surface area is 151 Å². The largest absolute Gasteiger partial charge is 0.465 e. The summed E-state index contributed by atoms with van der Waals surface area (Å²) in [5.41, 5.74) is 1.39. The zero-order valence-electron chi connectivity index (χ0n) is 13.8. The number of methoxy groups -OCH3 is 1. The van der Waals surface area contributed by atoms with Crippen molar-refractivity contribution in [2.24, 2.45) is 12.0 Å². The molecule has 2 aromatic carbocycles. The van der Waals surface area contributed by atoms with Crippen molar-refractivity contribution in [3.8, 4) is 0 Å². The third kappa shape index (κ3) is 3.24. The molecule has 8 nitrogen and oxygen atoms in total. The van der Waals surface area contributed by atoms with E-state index in [9.17, 15) is 19.7 Å². The molecule has 0 radical (unpaired) electrons. The molecule has 0 saturated carbocycles. The summed E-state index contributed by atoms with van der Waals surface area (Å²) in [6, 6.07) is 10.3. The van der Waals surface area contributed by atoms with Gasteiger partial charge in [-0.2, -0.15) is 4.99 Å². The highest BCUT2D eigenvalue weighted by molar-refractivity contribution is 7.16. The lowest BCUT2D eigenvalue weighted by Crippen LogP contribution is -2.13. The Morgan fingerprint density at radius 2 is 1.81 bits per heavy atom. The molecule has 0 atom stereocenters. The summed E-state index contributed by atoms with van der Waals surface area (Å²) in [7, 11) is 3.07. The van der Waals surface area contributed by atoms with E-state index >= 15 is 0 Å². The number of carbonyl (C=O) groups excluding carboxylic acids is 2. The quantitative estimate of drug-likeness (QED) is 0.400. The predicted octanol–water partition coefficient (Wildman–Crippen LogP) is 2.68. The maximum absolute atomic E-state index is 12.3. The van der Waals surface area contributed by atoms with Gasteiger partial charge in [-0.15, -0.1) is 0 Å². The van der Waals surface area contributed by atoms with Crippen molar-refractivity contribution in [2.75, 3.05) is 7.11 Å². The average molecular weight is 371 g/mol. The monoisotopic (exact) mass is 371 g/mol. The minimum Gasteiger partial charge on any atom is -0.465 e. The van der Waals surface area contributed by atoms with Crippen molar-refractivity contribution in [3.05, 3.63) is 68.5 Å². The molecule has 0 unspecified atom stereocenters. The maximum Gasteiger partial charge on any atom is 0.337 e. The van der Waals surface area contributed by atoms with Crippen LogP contribution in [0.1, 0.15) is 20.7 Å². The van der Waals surface area contributed by atoms with Crippen LogP contribution < -0.4 is 4.80 Å². The van der Waals surface area contributed by atoms with Gasteiger partial charge in [-0.05, 0) is 30.3 Å². The van der Waals surface area contributed by atoms with Gasteiger partial charge in [0.05, 0.1) is 27.8 Å². The molecule has 26 heavy (non-hydrogen) atoms. The van der Waals surface area contributed by atoms with Gasteiger partial charge in [-0.1, -0.05) is 11.3 Å². The third-order valence-electron chi connectivity index (χ3n) is 3.75. The average Bonchev–Trinajstić information content (AvgIpc) is 2.96. The van der Waals surface area contributed by atoms with E-state index in [1.807, 2.05) is 0 Å². The Morgan fingerprint density at radius 3 is 2.42 bits per heavy atom. The highest BCUT2D eigenvalue weighted by atomic mass is 32.1. The Bertz CT molecular complexity index is 1100. The molecule has 1 heterocycles. The van der Waals surface area contributed by atoms with Crippen LogP contribution in [0, 0.1) is 10.1 Å². The van der Waals surface area contributed by atoms with Crippen LogP contribution in [0.4, 0.5) is 5.69 Å². The van der Waals surface area contributed by atoms with Crippen LogP contribution in [0.15, 0.2) is 47.5 Å². The fourth-order valence-electron chi connectivity index (χ4n) is 2.36. The van der Waals surface area contributed by atoms with Gasteiger partial charge < -0.3 is 9.30 Å². The third-order valence-corrected chi connectivity index (χ3v) is 4.85. The van der Waals surface area contributed by atoms with E-state index in [0.29, 0.717) is 10.4 Å². The fraction of sp³-hybridized carbons (Fsp3) is 0.118. The molecule has 1 aromatic heterocycles. The number of nitro groups is 1. The van der Waals surface area contributed by atoms with Crippen LogP contribution in [-0.2, 0) is 11.8 Å². The van der Waals surface area contributed by atoms with E-state index in [4.69, 9.17) is 4.74 Å². The Balaban J connectivity index is 2.00. The number of hydrogen-bond acceptors (Lipinski definition) is 6. The molecule has 3 aromatic rings. The maximum atomic E-state index is 12.3. The van der Waals surface area contributed by atoms with Gasteiger partial charge in [0.25, 0.3) is 11.6 Å². The highest BCUT2D eigenvalue weighted by Crippen LogP contribution is 2.19. The van der Waals surface area contributed by atoms with Crippen molar-refractivity contribution >= 4 is 39.1 Å². The molecule has 0 aliphatic heterocycles. The molecule has 3 rings (SSSR count). The number of nitrogens with zero attached hydrogens (tertiary/aromatic N) is 3. The number of nitro benzene ring substituents is 1. The van der Waals surface area contributed by atoms with Crippen molar-refractivity contribution in [1.29, 1.82) is 0 Å². The molecule has 1 amide bonds. The van der Waals surface area contributed by atoms with Crippen LogP contribution in [-0.4, -0.2) is 28.5 Å². The first kappa shape index (κ1) is 17.5. The van der Waals surface area contributed by atoms with Crippen LogP contribution in [0.25, 0.3) is 10.2 Å². The molecule has 9 heteroatoms. The van der Waals surface area contributed by atoms with Gasteiger partial charge in [0.2, 0.25) is 0 Å². The minimum atomic E-state index is -0.531. The summed E-state index contributed by atoms with van der Waals surface area (Å²) in [6.45, 7) is 0. The first-order chi connectivity index (χ1) is 12.4. The normalized spacial score (nSPS) is 11.5. The fourth-order valence-corrected chi connectivity index (χ4v) is 3.42. The minimum absolute atomic E-state index is 0.0932. The van der Waals surface area contributed by atoms with Crippen LogP contribution in [0.3, 0.4) is 0 Å². The van der Waals surface area contributed by atoms with Crippen LogP contribution in [0.5, 0.6) is 0 Å². The van der Waals surface area contributed by atoms with Gasteiger partial charge in [0.1, 0.15) is 0 Å². The van der Waals surface area contributed by atoms with Crippen LogP contribution >= 0.6 is 11.3 Å². The molecule has 0 bridgehead atoms. The highest BCUT2D eigenvalue weighted by Gasteiger charge is 2.12. The number of fused-ring (bicyclic) bond motifs is 1. The van der Waals surface area contributed by atoms with Crippen molar-refractivity contribution in [3.63, 3.8) is 0 Å². The van der Waals surface area contributed by atoms with E-state index in [0.717, 1.165) is 10.2 Å². The van der Waals surface area contributed by atoms with E-state index in [-0.39, 0.29) is 11.3 Å². The molecule has 0 saturated heterocycles. The van der Waals surface area contributed by atoms with Crippen molar-refractivity contribution in [2.45, 2.75) is 0 Å². The van der Waals surface area contributed by atoms with Gasteiger partial charge >= 0.3 is 5.97 Å². The zero-order chi connectivity index (χ0) is 18.8. The lowest BCUT2D eigenvalue weighted by molar-refractivity contribution is -0.384. The number of thiazole rings is 1. The molecule has 0 spiro atoms. The Morgan fingerprint density at radius 1 is 1.15 bits per heavy atom. The van der Waals surface area contributed by atoms with Crippen LogP contribution in [0.2, 0.25) is 0 Å². The molecular formula is C17H13N3O5S. The molecular weight excluding hydrogens is 358 g/mol. The Hall–Kier alpha value is -3.33. The van der Waals surface area contributed by atoms with Gasteiger partial charge in [-0.3, -0.25) is 14.9 Å². The lowest BCUT2D eigenvalue weighted by atomic mass is 10.2. The van der Waals surface area contributed by atoms with E-state index in [1.165, 1.54) is 42.7 Å². The molecule has 0 aliphatic rings. The van der Waals surface area contributed by atoms with Gasteiger partial charge in [-0.25, -0.2) is 4.79 Å². The number of esters is 1. The molecule has 0 aliphatic carbocycles. The molecule has 132 valence electrons. The number of ether oxygens (including phenoxy) is 1. The lowest BCUT2D eigenvalue weighted by Gasteiger charge is -1.99. The van der Waals surface area contributed by atoms with Crippen molar-refractivity contribution in [1.82, 2.24) is 4.57 Å². The number of carbonyl (C=O) groups is 2. The second-order valence-corrected chi connectivity index (χ2v) is 6.35. The SMILES string of the molecule is COC(=O)c1ccc2c(c1)sc(=NC(=O)c1ccc([N+](=O)[O-])cc1)n2C. The molecule has 0 fully saturated rings. The van der Waals surface area contributed by atoms with Gasteiger partial charge in [0, 0.05) is 24.7 Å². The van der Waals surface area contributed by atoms with Gasteiger partial charge in [0.15, 0.2) is 4.80 Å². The number of non-ortho nitro benzene ring substituents is 1. The summed E-state index contributed by atoms with van der Waals surface area (Å²) in [5.74, 6) is -0.946. The summed E-state index contributed by atoms with van der Waals surface area (Å²) in [5, 5.41) is 10.7.